The second-order valence-corrected chi connectivity index (χ2v) is 12.2. The van der Waals surface area contributed by atoms with Gasteiger partial charge in [-0.25, -0.2) is 8.42 Å². The Labute approximate surface area is 235 Å². The number of carbonyl (C=O) groups is 1. The lowest BCUT2D eigenvalue weighted by Gasteiger charge is -2.19. The molecule has 216 valence electrons. The number of amides is 1. The van der Waals surface area contributed by atoms with Gasteiger partial charge in [-0.15, -0.1) is 10.2 Å². The molecule has 12 heteroatoms. The smallest absolute Gasteiger partial charge is 0.311 e. The molecular weight excluding hydrogens is 534 g/mol. The van der Waals surface area contributed by atoms with Crippen LogP contribution in [-0.4, -0.2) is 86.1 Å². The van der Waals surface area contributed by atoms with Gasteiger partial charge >= 0.3 is 11.8 Å². The van der Waals surface area contributed by atoms with E-state index in [0.29, 0.717) is 29.5 Å². The minimum atomic E-state index is -3.86. The molecule has 0 N–H and O–H groups in total. The lowest BCUT2D eigenvalue weighted by Crippen LogP contribution is -2.28. The van der Waals surface area contributed by atoms with Gasteiger partial charge < -0.3 is 18.8 Å². The van der Waals surface area contributed by atoms with Crippen LogP contribution >= 0.6 is 0 Å². The van der Waals surface area contributed by atoms with Gasteiger partial charge in [0.15, 0.2) is 0 Å². The average Bonchev–Trinajstić information content (AvgIpc) is 3.58. The third-order valence-electron chi connectivity index (χ3n) is 7.10. The summed E-state index contributed by atoms with van der Waals surface area (Å²) in [5, 5.41) is 7.78. The maximum atomic E-state index is 13.3. The van der Waals surface area contributed by atoms with Gasteiger partial charge in [0.25, 0.3) is 0 Å². The number of likely N-dealkylation sites (tertiary alicyclic amines) is 1. The van der Waals surface area contributed by atoms with Crippen molar-refractivity contribution in [2.24, 2.45) is 0 Å². The van der Waals surface area contributed by atoms with Gasteiger partial charge in [-0.3, -0.25) is 9.69 Å². The van der Waals surface area contributed by atoms with Crippen LogP contribution in [0.2, 0.25) is 0 Å². The Morgan fingerprint density at radius 1 is 1.05 bits per heavy atom. The summed E-state index contributed by atoms with van der Waals surface area (Å²) in [6.45, 7) is 6.43. The number of methoxy groups -OCH3 is 2. The van der Waals surface area contributed by atoms with Crippen LogP contribution in [-0.2, 0) is 34.4 Å². The standard InChI is InChI=1S/C28H37N5O6S/c1-19-13-24(38-6)14-20(2)26(19)40(35,36)32(4)18-25-29-30-27(39-25)28(34)31(3)15-21-7-9-22(10-8-21)16-33-12-11-23(17-33)37-5/h7-10,13-14,23H,11-12,15-18H2,1-6H3. The Kier molecular flexibility index (Phi) is 9.24. The molecule has 3 aromatic rings. The minimum absolute atomic E-state index is 0.0219. The van der Waals surface area contributed by atoms with Crippen molar-refractivity contribution < 1.29 is 27.1 Å². The number of sulfonamides is 1. The van der Waals surface area contributed by atoms with Crippen LogP contribution in [0, 0.1) is 13.8 Å². The van der Waals surface area contributed by atoms with E-state index in [2.05, 4.69) is 27.2 Å². The van der Waals surface area contributed by atoms with Gasteiger partial charge in [0, 0.05) is 47.4 Å². The summed E-state index contributed by atoms with van der Waals surface area (Å²) in [6, 6.07) is 11.5. The van der Waals surface area contributed by atoms with Gasteiger partial charge in [-0.1, -0.05) is 24.3 Å². The molecule has 0 saturated carbocycles. The molecule has 1 amide bonds. The number of aryl methyl sites for hydroxylation is 2. The van der Waals surface area contributed by atoms with Gasteiger partial charge in [-0.05, 0) is 54.7 Å². The molecule has 0 aliphatic carbocycles. The topological polar surface area (TPSA) is 118 Å². The summed E-state index contributed by atoms with van der Waals surface area (Å²) in [7, 11) is 2.51. The largest absolute Gasteiger partial charge is 0.497 e. The zero-order valence-corrected chi connectivity index (χ0v) is 24.7. The molecule has 4 rings (SSSR count). The minimum Gasteiger partial charge on any atom is -0.497 e. The fourth-order valence-corrected chi connectivity index (χ4v) is 6.44. The molecule has 11 nitrogen and oxygen atoms in total. The first-order valence-electron chi connectivity index (χ1n) is 13.0. The molecule has 1 fully saturated rings. The van der Waals surface area contributed by atoms with E-state index in [1.54, 1.807) is 40.1 Å². The van der Waals surface area contributed by atoms with E-state index >= 15 is 0 Å². The highest BCUT2D eigenvalue weighted by Gasteiger charge is 2.28. The Hall–Kier alpha value is -3.32. The highest BCUT2D eigenvalue weighted by atomic mass is 32.2. The number of benzene rings is 2. The number of aromatic nitrogens is 2. The number of hydrogen-bond acceptors (Lipinski definition) is 9. The molecule has 2 aromatic carbocycles. The van der Waals surface area contributed by atoms with Crippen LogP contribution in [0.3, 0.4) is 0 Å². The second kappa shape index (κ2) is 12.5. The molecule has 0 bridgehead atoms. The van der Waals surface area contributed by atoms with E-state index in [1.165, 1.54) is 24.6 Å². The molecule has 1 saturated heterocycles. The second-order valence-electron chi connectivity index (χ2n) is 10.2. The van der Waals surface area contributed by atoms with Crippen molar-refractivity contribution in [2.45, 2.75) is 50.9 Å². The quantitative estimate of drug-likeness (QED) is 0.342. The molecule has 0 radical (unpaired) electrons. The maximum absolute atomic E-state index is 13.3. The summed E-state index contributed by atoms with van der Waals surface area (Å²) in [6.07, 6.45) is 1.35. The molecule has 0 spiro atoms. The molecule has 1 aliphatic rings. The highest BCUT2D eigenvalue weighted by Crippen LogP contribution is 2.28. The van der Waals surface area contributed by atoms with Crippen molar-refractivity contribution in [3.63, 3.8) is 0 Å². The van der Waals surface area contributed by atoms with E-state index in [0.717, 1.165) is 35.9 Å². The zero-order valence-electron chi connectivity index (χ0n) is 23.9. The zero-order chi connectivity index (χ0) is 29.0. The summed E-state index contributed by atoms with van der Waals surface area (Å²) >= 11 is 0. The van der Waals surface area contributed by atoms with Gasteiger partial charge in [0.2, 0.25) is 15.9 Å². The van der Waals surface area contributed by atoms with Crippen molar-refractivity contribution in [2.75, 3.05) is 41.4 Å². The van der Waals surface area contributed by atoms with E-state index in [1.807, 2.05) is 12.1 Å². The van der Waals surface area contributed by atoms with Crippen LogP contribution in [0.5, 0.6) is 5.75 Å². The van der Waals surface area contributed by atoms with E-state index in [-0.39, 0.29) is 23.2 Å². The maximum Gasteiger partial charge on any atom is 0.311 e. The number of nitrogens with zero attached hydrogens (tertiary/aromatic N) is 5. The van der Waals surface area contributed by atoms with Gasteiger partial charge in [-0.2, -0.15) is 4.31 Å². The van der Waals surface area contributed by atoms with Crippen LogP contribution in [0.1, 0.15) is 45.3 Å². The lowest BCUT2D eigenvalue weighted by molar-refractivity contribution is 0.0743. The van der Waals surface area contributed by atoms with Crippen LogP contribution in [0.25, 0.3) is 0 Å². The fraction of sp³-hybridized carbons (Fsp3) is 0.464. The third-order valence-corrected chi connectivity index (χ3v) is 9.21. The molecule has 1 aliphatic heterocycles. The molecule has 2 heterocycles. The Morgan fingerprint density at radius 3 is 2.30 bits per heavy atom. The Bertz CT molecular complexity index is 1420. The van der Waals surface area contributed by atoms with E-state index in [4.69, 9.17) is 13.9 Å². The summed E-state index contributed by atoms with van der Waals surface area (Å²) < 4.78 is 43.9. The molecule has 1 unspecified atom stereocenters. The number of ether oxygens (including phenoxy) is 2. The van der Waals surface area contributed by atoms with Gasteiger partial charge in [0.1, 0.15) is 5.75 Å². The summed E-state index contributed by atoms with van der Waals surface area (Å²) in [5.74, 6) is -0.0376. The SMILES string of the molecule is COc1cc(C)c(S(=O)(=O)N(C)Cc2nnc(C(=O)N(C)Cc3ccc(CN4CCC(OC)C4)cc3)o2)c(C)c1. The highest BCUT2D eigenvalue weighted by molar-refractivity contribution is 7.89. The summed E-state index contributed by atoms with van der Waals surface area (Å²) in [4.78, 5) is 17.0. The predicted octanol–water partition coefficient (Wildman–Crippen LogP) is 3.01. The molecule has 1 aromatic heterocycles. The van der Waals surface area contributed by atoms with E-state index in [9.17, 15) is 13.2 Å². The molecular formula is C28H37N5O6S. The third kappa shape index (κ3) is 6.69. The number of rotatable bonds is 11. The number of carbonyl (C=O) groups excluding carboxylic acids is 1. The predicted molar refractivity (Wildman–Crippen MR) is 148 cm³/mol. The van der Waals surface area contributed by atoms with Crippen molar-refractivity contribution in [3.05, 3.63) is 70.4 Å². The number of hydrogen-bond donors (Lipinski definition) is 0. The van der Waals surface area contributed by atoms with Crippen LogP contribution in [0.4, 0.5) is 0 Å². The Morgan fingerprint density at radius 2 is 1.70 bits per heavy atom. The van der Waals surface area contributed by atoms with Crippen molar-refractivity contribution >= 4 is 15.9 Å². The summed E-state index contributed by atoms with van der Waals surface area (Å²) in [5.41, 5.74) is 3.30. The molecule has 1 atom stereocenters. The Balaban J connectivity index is 1.35. The van der Waals surface area contributed by atoms with Crippen LogP contribution in [0.15, 0.2) is 45.7 Å². The normalized spacial score (nSPS) is 16.0. The van der Waals surface area contributed by atoms with Crippen molar-refractivity contribution in [1.82, 2.24) is 24.3 Å². The fourth-order valence-electron chi connectivity index (χ4n) is 4.92. The first-order valence-corrected chi connectivity index (χ1v) is 14.5. The first-order chi connectivity index (χ1) is 19.0. The average molecular weight is 572 g/mol. The van der Waals surface area contributed by atoms with Gasteiger partial charge in [0.05, 0.1) is 24.7 Å². The van der Waals surface area contributed by atoms with Crippen molar-refractivity contribution in [3.8, 4) is 5.75 Å². The van der Waals surface area contributed by atoms with Crippen molar-refractivity contribution in [1.29, 1.82) is 0 Å². The lowest BCUT2D eigenvalue weighted by atomic mass is 10.1. The first kappa shape index (κ1) is 29.7. The monoisotopic (exact) mass is 571 g/mol. The van der Waals surface area contributed by atoms with Crippen LogP contribution < -0.4 is 4.74 Å². The molecule has 40 heavy (non-hydrogen) atoms. The van der Waals surface area contributed by atoms with E-state index < -0.39 is 15.9 Å².